The van der Waals surface area contributed by atoms with Crippen LogP contribution in [-0.2, 0) is 0 Å². The van der Waals surface area contributed by atoms with Crippen LogP contribution in [0.15, 0.2) is 5.38 Å². The fourth-order valence-electron chi connectivity index (χ4n) is 2.99. The Morgan fingerprint density at radius 1 is 1.29 bits per heavy atom. The van der Waals surface area contributed by atoms with Gasteiger partial charge >= 0.3 is 0 Å². The maximum Gasteiger partial charge on any atom is 0.148 e. The number of hydrogen-bond acceptors (Lipinski definition) is 6. The van der Waals surface area contributed by atoms with Crippen molar-refractivity contribution in [2.45, 2.75) is 46.1 Å². The minimum Gasteiger partial charge on any atom is -0.382 e. The van der Waals surface area contributed by atoms with E-state index in [1.165, 1.54) is 30.8 Å². The Bertz CT molecular complexity index is 619. The Hall–Kier alpha value is -1.14. The molecule has 114 valence electrons. The number of rotatable bonds is 3. The van der Waals surface area contributed by atoms with Crippen LogP contribution in [0.25, 0.3) is 11.3 Å². The van der Waals surface area contributed by atoms with Crippen LogP contribution in [0.1, 0.15) is 38.1 Å². The van der Waals surface area contributed by atoms with Crippen LogP contribution in [0.3, 0.4) is 0 Å². The van der Waals surface area contributed by atoms with Gasteiger partial charge in [-0.15, -0.1) is 11.3 Å². The first-order chi connectivity index (χ1) is 10.0. The van der Waals surface area contributed by atoms with Crippen molar-refractivity contribution in [2.24, 2.45) is 11.8 Å². The number of anilines is 2. The van der Waals surface area contributed by atoms with Gasteiger partial charge < -0.3 is 11.1 Å². The normalized spacial score (nSPS) is 26.0. The molecule has 3 N–H and O–H groups in total. The molecule has 2 aromatic heterocycles. The number of nitrogens with zero attached hydrogens (tertiary/aromatic N) is 2. The molecular weight excluding hydrogens is 300 g/mol. The highest BCUT2D eigenvalue weighted by Crippen LogP contribution is 2.39. The number of nitrogen functional groups attached to an aromatic ring is 1. The molecule has 1 aliphatic carbocycles. The van der Waals surface area contributed by atoms with Crippen molar-refractivity contribution in [3.8, 4) is 11.3 Å². The van der Waals surface area contributed by atoms with Crippen LogP contribution in [0.2, 0.25) is 0 Å². The summed E-state index contributed by atoms with van der Waals surface area (Å²) in [7, 11) is 0. The second-order valence-electron chi connectivity index (χ2n) is 6.13. The zero-order chi connectivity index (χ0) is 15.0. The maximum absolute atomic E-state index is 6.06. The molecule has 6 heteroatoms. The largest absolute Gasteiger partial charge is 0.382 e. The summed E-state index contributed by atoms with van der Waals surface area (Å²) in [6.45, 7) is 6.72. The van der Waals surface area contributed by atoms with Gasteiger partial charge in [0, 0.05) is 11.4 Å². The topological polar surface area (TPSA) is 63.8 Å². The van der Waals surface area contributed by atoms with Crippen LogP contribution in [0, 0.1) is 18.8 Å². The number of aryl methyl sites for hydroxylation is 1. The molecule has 0 bridgehead atoms. The molecule has 1 fully saturated rings. The molecule has 2 heterocycles. The van der Waals surface area contributed by atoms with E-state index >= 15 is 0 Å². The molecule has 2 aromatic rings. The van der Waals surface area contributed by atoms with E-state index in [9.17, 15) is 0 Å². The smallest absolute Gasteiger partial charge is 0.148 e. The second-order valence-corrected chi connectivity index (χ2v) is 7.97. The fraction of sp³-hybridized carbons (Fsp3) is 0.600. The molecule has 0 aromatic carbocycles. The number of hydrogen-bond donors (Lipinski definition) is 2. The van der Waals surface area contributed by atoms with E-state index in [4.69, 9.17) is 5.73 Å². The standard InChI is InChI=1S/C15H22N4S2/c1-8-4-5-11(6-9(8)2)18-15-13(14(16)19-21-15)12-7-20-10(3)17-12/h7-9,11,18H,4-6H2,1-3H3,(H2,16,19). The lowest BCUT2D eigenvalue weighted by Gasteiger charge is -2.32. The molecule has 0 spiro atoms. The molecule has 0 aliphatic heterocycles. The van der Waals surface area contributed by atoms with Crippen molar-refractivity contribution in [3.63, 3.8) is 0 Å². The van der Waals surface area contributed by atoms with E-state index in [0.29, 0.717) is 11.9 Å². The van der Waals surface area contributed by atoms with E-state index in [-0.39, 0.29) is 0 Å². The average molecular weight is 323 g/mol. The summed E-state index contributed by atoms with van der Waals surface area (Å²) in [6, 6.07) is 0.523. The Morgan fingerprint density at radius 3 is 2.76 bits per heavy atom. The monoisotopic (exact) mass is 322 g/mol. The summed E-state index contributed by atoms with van der Waals surface area (Å²) in [6.07, 6.45) is 3.73. The van der Waals surface area contributed by atoms with Crippen molar-refractivity contribution in [1.82, 2.24) is 9.36 Å². The average Bonchev–Trinajstić information content (AvgIpc) is 3.00. The minimum atomic E-state index is 0.523. The summed E-state index contributed by atoms with van der Waals surface area (Å²) >= 11 is 3.10. The van der Waals surface area contributed by atoms with E-state index in [2.05, 4.69) is 33.9 Å². The quantitative estimate of drug-likeness (QED) is 0.879. The summed E-state index contributed by atoms with van der Waals surface area (Å²) in [4.78, 5) is 4.56. The van der Waals surface area contributed by atoms with Gasteiger partial charge in [0.2, 0.25) is 0 Å². The minimum absolute atomic E-state index is 0.523. The van der Waals surface area contributed by atoms with Gasteiger partial charge in [0.15, 0.2) is 0 Å². The Balaban J connectivity index is 1.80. The highest BCUT2D eigenvalue weighted by atomic mass is 32.1. The summed E-state index contributed by atoms with van der Waals surface area (Å²) in [5.41, 5.74) is 7.99. The number of nitrogens with two attached hydrogens (primary N) is 1. The van der Waals surface area contributed by atoms with Gasteiger partial charge in [-0.1, -0.05) is 13.8 Å². The molecule has 1 aliphatic rings. The molecule has 3 unspecified atom stereocenters. The zero-order valence-electron chi connectivity index (χ0n) is 12.7. The van der Waals surface area contributed by atoms with Crippen LogP contribution >= 0.6 is 22.9 Å². The van der Waals surface area contributed by atoms with Gasteiger partial charge in [-0.25, -0.2) is 4.98 Å². The van der Waals surface area contributed by atoms with Crippen LogP contribution in [-0.4, -0.2) is 15.4 Å². The molecule has 3 atom stereocenters. The molecular formula is C15H22N4S2. The van der Waals surface area contributed by atoms with Gasteiger partial charge in [-0.3, -0.25) is 0 Å². The lowest BCUT2D eigenvalue weighted by molar-refractivity contribution is 0.261. The van der Waals surface area contributed by atoms with Crippen LogP contribution in [0.4, 0.5) is 10.8 Å². The lowest BCUT2D eigenvalue weighted by Crippen LogP contribution is -2.30. The van der Waals surface area contributed by atoms with Crippen molar-refractivity contribution < 1.29 is 0 Å². The first kappa shape index (κ1) is 14.8. The number of nitrogens with one attached hydrogen (secondary N) is 1. The highest BCUT2D eigenvalue weighted by Gasteiger charge is 2.26. The predicted molar refractivity (Wildman–Crippen MR) is 92.0 cm³/mol. The van der Waals surface area contributed by atoms with E-state index < -0.39 is 0 Å². The van der Waals surface area contributed by atoms with Crippen molar-refractivity contribution in [2.75, 3.05) is 11.1 Å². The third-order valence-corrected chi connectivity index (χ3v) is 6.09. The van der Waals surface area contributed by atoms with Crippen LogP contribution < -0.4 is 11.1 Å². The summed E-state index contributed by atoms with van der Waals surface area (Å²) in [5, 5.41) is 7.86. The van der Waals surface area contributed by atoms with Gasteiger partial charge in [-0.2, -0.15) is 4.37 Å². The Morgan fingerprint density at radius 2 is 2.10 bits per heavy atom. The molecule has 1 saturated carbocycles. The van der Waals surface area contributed by atoms with Crippen molar-refractivity contribution in [1.29, 1.82) is 0 Å². The molecule has 0 saturated heterocycles. The van der Waals surface area contributed by atoms with Gasteiger partial charge in [-0.05, 0) is 49.6 Å². The first-order valence-electron chi connectivity index (χ1n) is 7.48. The van der Waals surface area contributed by atoms with Gasteiger partial charge in [0.25, 0.3) is 0 Å². The fourth-order valence-corrected chi connectivity index (χ4v) is 4.40. The van der Waals surface area contributed by atoms with E-state index in [1.807, 2.05) is 6.92 Å². The third kappa shape index (κ3) is 3.06. The molecule has 21 heavy (non-hydrogen) atoms. The maximum atomic E-state index is 6.06. The number of aromatic nitrogens is 2. The predicted octanol–water partition coefficient (Wildman–Crippen LogP) is 4.39. The molecule has 0 amide bonds. The van der Waals surface area contributed by atoms with Gasteiger partial charge in [0.05, 0.1) is 16.3 Å². The number of thiazole rings is 1. The molecule has 4 nitrogen and oxygen atoms in total. The lowest BCUT2D eigenvalue weighted by atomic mass is 9.79. The second kappa shape index (κ2) is 5.93. The summed E-state index contributed by atoms with van der Waals surface area (Å²) < 4.78 is 4.32. The highest BCUT2D eigenvalue weighted by molar-refractivity contribution is 7.11. The Kier molecular flexibility index (Phi) is 4.17. The van der Waals surface area contributed by atoms with E-state index in [0.717, 1.165) is 33.1 Å². The first-order valence-corrected chi connectivity index (χ1v) is 9.14. The van der Waals surface area contributed by atoms with Crippen LogP contribution in [0.5, 0.6) is 0 Å². The van der Waals surface area contributed by atoms with Crippen molar-refractivity contribution >= 4 is 33.7 Å². The Labute approximate surface area is 134 Å². The van der Waals surface area contributed by atoms with Crippen molar-refractivity contribution in [3.05, 3.63) is 10.4 Å². The van der Waals surface area contributed by atoms with Gasteiger partial charge in [0.1, 0.15) is 10.8 Å². The molecule has 0 radical (unpaired) electrons. The molecule has 3 rings (SSSR count). The van der Waals surface area contributed by atoms with E-state index in [1.54, 1.807) is 11.3 Å². The SMILES string of the molecule is Cc1nc(-c2c(N)nsc2NC2CCC(C)C(C)C2)cs1. The zero-order valence-corrected chi connectivity index (χ0v) is 14.4. The summed E-state index contributed by atoms with van der Waals surface area (Å²) in [5.74, 6) is 2.19. The third-order valence-electron chi connectivity index (χ3n) is 4.53.